The second kappa shape index (κ2) is 6.84. The standard InChI is InChI=1S/C17H22O2.C2H6/c1-11-9-13(5-7-15(11)18)17(3,4)14-6-8-16(19)12(2)10-14;1-2/h5,7-10,14,18-19H,6H2,1-4H3;1-2H3. The van der Waals surface area contributed by atoms with Crippen molar-refractivity contribution in [2.45, 2.75) is 53.4 Å². The van der Waals surface area contributed by atoms with Crippen LogP contribution in [0.5, 0.6) is 5.75 Å². The molecule has 1 atom stereocenters. The number of allylic oxidation sites excluding steroid dienone is 3. The molecule has 0 heterocycles. The highest BCUT2D eigenvalue weighted by Gasteiger charge is 2.31. The van der Waals surface area contributed by atoms with Crippen LogP contribution >= 0.6 is 0 Å². The minimum absolute atomic E-state index is 0.0308. The monoisotopic (exact) mass is 288 g/mol. The van der Waals surface area contributed by atoms with Crippen LogP contribution in [-0.2, 0) is 5.41 Å². The van der Waals surface area contributed by atoms with Crippen molar-refractivity contribution in [3.63, 3.8) is 0 Å². The molecule has 2 rings (SSSR count). The van der Waals surface area contributed by atoms with Gasteiger partial charge >= 0.3 is 0 Å². The first kappa shape index (κ1) is 17.4. The lowest BCUT2D eigenvalue weighted by molar-refractivity contribution is 0.356. The van der Waals surface area contributed by atoms with Gasteiger partial charge in [-0.25, -0.2) is 0 Å². The molecule has 2 heteroatoms. The zero-order valence-corrected chi connectivity index (χ0v) is 14.1. The van der Waals surface area contributed by atoms with Crippen molar-refractivity contribution in [2.75, 3.05) is 0 Å². The molecule has 0 fully saturated rings. The van der Waals surface area contributed by atoms with Gasteiger partial charge in [-0.1, -0.05) is 45.9 Å². The molecule has 116 valence electrons. The lowest BCUT2D eigenvalue weighted by Gasteiger charge is -2.35. The number of aliphatic hydroxyl groups is 1. The van der Waals surface area contributed by atoms with E-state index in [-0.39, 0.29) is 5.41 Å². The minimum atomic E-state index is -0.0308. The van der Waals surface area contributed by atoms with E-state index in [4.69, 9.17) is 0 Å². The average molecular weight is 288 g/mol. The van der Waals surface area contributed by atoms with Crippen molar-refractivity contribution in [2.24, 2.45) is 5.92 Å². The molecule has 0 saturated carbocycles. The summed E-state index contributed by atoms with van der Waals surface area (Å²) in [5.41, 5.74) is 3.03. The van der Waals surface area contributed by atoms with Crippen molar-refractivity contribution >= 4 is 0 Å². The molecule has 0 aliphatic heterocycles. The second-order valence-corrected chi connectivity index (χ2v) is 6.00. The van der Waals surface area contributed by atoms with Gasteiger partial charge in [0, 0.05) is 0 Å². The van der Waals surface area contributed by atoms with Crippen molar-refractivity contribution in [3.8, 4) is 5.75 Å². The Morgan fingerprint density at radius 2 is 1.71 bits per heavy atom. The van der Waals surface area contributed by atoms with E-state index in [1.807, 2.05) is 39.8 Å². The fourth-order valence-corrected chi connectivity index (χ4v) is 2.63. The third-order valence-electron chi connectivity index (χ3n) is 4.29. The predicted octanol–water partition coefficient (Wildman–Crippen LogP) is 5.41. The molecule has 1 aliphatic rings. The summed E-state index contributed by atoms with van der Waals surface area (Å²) in [5.74, 6) is 1.09. The molecule has 0 amide bonds. The third-order valence-corrected chi connectivity index (χ3v) is 4.29. The maximum absolute atomic E-state index is 9.67. The first-order chi connectivity index (χ1) is 9.82. The zero-order valence-electron chi connectivity index (χ0n) is 14.1. The van der Waals surface area contributed by atoms with E-state index >= 15 is 0 Å². The number of benzene rings is 1. The Labute approximate surface area is 128 Å². The largest absolute Gasteiger partial charge is 0.508 e. The lowest BCUT2D eigenvalue weighted by atomic mass is 9.70. The molecule has 1 aromatic carbocycles. The molecule has 1 aromatic rings. The van der Waals surface area contributed by atoms with E-state index in [1.165, 1.54) is 5.56 Å². The van der Waals surface area contributed by atoms with Crippen LogP contribution in [0.15, 0.2) is 41.7 Å². The highest BCUT2D eigenvalue weighted by molar-refractivity contribution is 5.40. The van der Waals surface area contributed by atoms with Crippen molar-refractivity contribution in [3.05, 3.63) is 52.8 Å². The molecule has 1 aliphatic carbocycles. The van der Waals surface area contributed by atoms with Gasteiger partial charge in [0.15, 0.2) is 0 Å². The summed E-state index contributed by atoms with van der Waals surface area (Å²) in [6.07, 6.45) is 4.89. The number of aryl methyl sites for hydroxylation is 1. The molecule has 0 spiro atoms. The van der Waals surface area contributed by atoms with Gasteiger partial charge in [0.1, 0.15) is 11.5 Å². The van der Waals surface area contributed by atoms with Crippen LogP contribution in [0.4, 0.5) is 0 Å². The van der Waals surface area contributed by atoms with Crippen molar-refractivity contribution in [1.82, 2.24) is 0 Å². The van der Waals surface area contributed by atoms with E-state index in [9.17, 15) is 10.2 Å². The number of hydrogen-bond donors (Lipinski definition) is 2. The number of rotatable bonds is 2. The van der Waals surface area contributed by atoms with Gasteiger partial charge in [-0.15, -0.1) is 0 Å². The van der Waals surface area contributed by atoms with Crippen LogP contribution in [0.1, 0.15) is 52.2 Å². The Bertz CT molecular complexity index is 551. The smallest absolute Gasteiger partial charge is 0.118 e. The Morgan fingerprint density at radius 3 is 2.24 bits per heavy atom. The summed E-state index contributed by atoms with van der Waals surface area (Å²) in [6, 6.07) is 5.81. The molecule has 21 heavy (non-hydrogen) atoms. The van der Waals surface area contributed by atoms with Gasteiger partial charge in [-0.05, 0) is 60.4 Å². The van der Waals surface area contributed by atoms with Gasteiger partial charge in [0.05, 0.1) is 0 Å². The number of hydrogen-bond acceptors (Lipinski definition) is 2. The number of phenols is 1. The maximum atomic E-state index is 9.67. The minimum Gasteiger partial charge on any atom is -0.508 e. The molecular weight excluding hydrogens is 260 g/mol. The molecular formula is C19H28O2. The van der Waals surface area contributed by atoms with Crippen LogP contribution < -0.4 is 0 Å². The predicted molar refractivity (Wildman–Crippen MR) is 89.8 cm³/mol. The normalized spacial score (nSPS) is 18.3. The van der Waals surface area contributed by atoms with Crippen molar-refractivity contribution in [1.29, 1.82) is 0 Å². The van der Waals surface area contributed by atoms with Crippen molar-refractivity contribution < 1.29 is 10.2 Å². The van der Waals surface area contributed by atoms with Crippen LogP contribution in [0.3, 0.4) is 0 Å². The van der Waals surface area contributed by atoms with Gasteiger partial charge in [-0.2, -0.15) is 0 Å². The summed E-state index contributed by atoms with van der Waals surface area (Å²) in [6.45, 7) is 12.3. The molecule has 0 aromatic heterocycles. The highest BCUT2D eigenvalue weighted by atomic mass is 16.3. The number of aromatic hydroxyl groups is 1. The Kier molecular flexibility index (Phi) is 5.65. The van der Waals surface area contributed by atoms with Crippen LogP contribution in [0, 0.1) is 12.8 Å². The fraction of sp³-hybridized carbons (Fsp3) is 0.474. The van der Waals surface area contributed by atoms with E-state index < -0.39 is 0 Å². The second-order valence-electron chi connectivity index (χ2n) is 6.00. The third kappa shape index (κ3) is 3.69. The van der Waals surface area contributed by atoms with Gasteiger partial charge < -0.3 is 10.2 Å². The topological polar surface area (TPSA) is 40.5 Å². The summed E-state index contributed by atoms with van der Waals surface area (Å²) in [4.78, 5) is 0. The van der Waals surface area contributed by atoms with Gasteiger partial charge in [0.2, 0.25) is 0 Å². The Morgan fingerprint density at radius 1 is 1.10 bits per heavy atom. The van der Waals surface area contributed by atoms with Crippen LogP contribution in [-0.4, -0.2) is 10.2 Å². The molecule has 1 unspecified atom stereocenters. The average Bonchev–Trinajstić information content (AvgIpc) is 2.46. The van der Waals surface area contributed by atoms with E-state index in [0.29, 0.717) is 17.4 Å². The van der Waals surface area contributed by atoms with E-state index in [1.54, 1.807) is 6.07 Å². The number of aliphatic hydroxyl groups excluding tert-OH is 1. The summed E-state index contributed by atoms with van der Waals surface area (Å²) >= 11 is 0. The lowest BCUT2D eigenvalue weighted by Crippen LogP contribution is -2.28. The maximum Gasteiger partial charge on any atom is 0.118 e. The first-order valence-electron chi connectivity index (χ1n) is 7.70. The summed E-state index contributed by atoms with van der Waals surface area (Å²) in [7, 11) is 0. The zero-order chi connectivity index (χ0) is 16.2. The molecule has 0 saturated heterocycles. The van der Waals surface area contributed by atoms with E-state index in [2.05, 4.69) is 26.0 Å². The fourth-order valence-electron chi connectivity index (χ4n) is 2.63. The highest BCUT2D eigenvalue weighted by Crippen LogP contribution is 2.39. The first-order valence-corrected chi connectivity index (χ1v) is 7.70. The van der Waals surface area contributed by atoms with Crippen LogP contribution in [0.25, 0.3) is 0 Å². The van der Waals surface area contributed by atoms with Crippen LogP contribution in [0.2, 0.25) is 0 Å². The molecule has 2 nitrogen and oxygen atoms in total. The number of phenolic OH excluding ortho intramolecular Hbond substituents is 1. The van der Waals surface area contributed by atoms with Gasteiger partial charge in [-0.3, -0.25) is 0 Å². The molecule has 0 radical (unpaired) electrons. The Balaban J connectivity index is 0.00000106. The SMILES string of the molecule is CC.CC1=CC(C(C)(C)c2ccc(O)c(C)c2)CC=C1O. The molecule has 0 bridgehead atoms. The summed E-state index contributed by atoms with van der Waals surface area (Å²) < 4.78 is 0. The van der Waals surface area contributed by atoms with Gasteiger partial charge in [0.25, 0.3) is 0 Å². The summed E-state index contributed by atoms with van der Waals surface area (Å²) in [5, 5.41) is 19.3. The molecule has 2 N–H and O–H groups in total. The quantitative estimate of drug-likeness (QED) is 0.763. The van der Waals surface area contributed by atoms with E-state index in [0.717, 1.165) is 17.6 Å². The Hall–Kier alpha value is -1.70.